The van der Waals surface area contributed by atoms with E-state index in [1.807, 2.05) is 30.3 Å². The maximum Gasteiger partial charge on any atom is 0.337 e. The number of esters is 1. The second-order valence-electron chi connectivity index (χ2n) is 8.19. The Hall–Kier alpha value is -2.62. The number of carboxylic acids is 1. The van der Waals surface area contributed by atoms with Crippen molar-refractivity contribution in [3.8, 4) is 0 Å². The van der Waals surface area contributed by atoms with Gasteiger partial charge in [0.05, 0.1) is 18.1 Å². The lowest BCUT2D eigenvalue weighted by atomic mass is 9.72. The number of methoxy groups -OCH3 is 1. The van der Waals surface area contributed by atoms with Crippen LogP contribution in [0.15, 0.2) is 54.6 Å². The van der Waals surface area contributed by atoms with Crippen molar-refractivity contribution in [2.24, 2.45) is 5.41 Å². The van der Waals surface area contributed by atoms with E-state index in [1.165, 1.54) is 12.7 Å². The summed E-state index contributed by atoms with van der Waals surface area (Å²) in [5.41, 5.74) is 2.24. The molecule has 1 aliphatic rings. The first kappa shape index (κ1) is 21.1. The summed E-state index contributed by atoms with van der Waals surface area (Å²) in [5.74, 6) is -0.807. The number of carboxylic acid groups (broad SMARTS) is 1. The van der Waals surface area contributed by atoms with Crippen LogP contribution in [-0.2, 0) is 16.0 Å². The van der Waals surface area contributed by atoms with E-state index >= 15 is 0 Å². The molecule has 0 heterocycles. The number of benzene rings is 2. The fourth-order valence-electron chi connectivity index (χ4n) is 4.63. The number of ether oxygens (including phenoxy) is 1. The highest BCUT2D eigenvalue weighted by Gasteiger charge is 2.41. The van der Waals surface area contributed by atoms with Gasteiger partial charge in [0.15, 0.2) is 0 Å². The molecule has 2 aromatic rings. The standard InChI is InChI=1S/C25H30O4/c1-29-23(26)21-14-12-20(13-15-21)22-11-5-6-16-25(18-22,24(27)28)17-7-10-19-8-3-2-4-9-19/h2-4,8-9,12-15,22H,5-7,10-11,16-18H2,1H3,(H,27,28). The Morgan fingerprint density at radius 3 is 2.45 bits per heavy atom. The van der Waals surface area contributed by atoms with Crippen molar-refractivity contribution in [3.63, 3.8) is 0 Å². The number of aryl methyl sites for hydroxylation is 1. The summed E-state index contributed by atoms with van der Waals surface area (Å²) in [5, 5.41) is 10.2. The summed E-state index contributed by atoms with van der Waals surface area (Å²) < 4.78 is 4.77. The van der Waals surface area contributed by atoms with Crippen LogP contribution in [-0.4, -0.2) is 24.2 Å². The van der Waals surface area contributed by atoms with Crippen molar-refractivity contribution in [3.05, 3.63) is 71.3 Å². The topological polar surface area (TPSA) is 63.6 Å². The van der Waals surface area contributed by atoms with Crippen LogP contribution in [0, 0.1) is 5.41 Å². The number of hydrogen-bond donors (Lipinski definition) is 1. The SMILES string of the molecule is COC(=O)c1ccc(C2CCCCC(CCCc3ccccc3)(C(=O)O)C2)cc1. The van der Waals surface area contributed by atoms with Gasteiger partial charge in [0, 0.05) is 0 Å². The monoisotopic (exact) mass is 394 g/mol. The minimum absolute atomic E-state index is 0.206. The van der Waals surface area contributed by atoms with Gasteiger partial charge in [-0.1, -0.05) is 55.3 Å². The highest BCUT2D eigenvalue weighted by molar-refractivity contribution is 5.89. The molecule has 1 N–H and O–H groups in total. The number of carbonyl (C=O) groups excluding carboxylic acids is 1. The molecule has 2 atom stereocenters. The minimum Gasteiger partial charge on any atom is -0.481 e. The van der Waals surface area contributed by atoms with E-state index < -0.39 is 11.4 Å². The Balaban J connectivity index is 1.73. The second-order valence-corrected chi connectivity index (χ2v) is 8.19. The van der Waals surface area contributed by atoms with Crippen molar-refractivity contribution in [2.45, 2.75) is 57.3 Å². The third-order valence-corrected chi connectivity index (χ3v) is 6.32. The summed E-state index contributed by atoms with van der Waals surface area (Å²) in [7, 11) is 1.37. The molecule has 0 aromatic heterocycles. The van der Waals surface area contributed by atoms with Crippen LogP contribution in [0.2, 0.25) is 0 Å². The predicted octanol–water partition coefficient (Wildman–Crippen LogP) is 5.61. The quantitative estimate of drug-likeness (QED) is 0.489. The Bertz CT molecular complexity index is 812. The van der Waals surface area contributed by atoms with E-state index in [9.17, 15) is 14.7 Å². The molecule has 2 unspecified atom stereocenters. The molecule has 4 heteroatoms. The van der Waals surface area contributed by atoms with Crippen molar-refractivity contribution in [1.29, 1.82) is 0 Å². The number of hydrogen-bond acceptors (Lipinski definition) is 3. The molecule has 0 saturated heterocycles. The first-order chi connectivity index (χ1) is 14.0. The minimum atomic E-state index is -0.670. The van der Waals surface area contributed by atoms with E-state index in [0.29, 0.717) is 18.4 Å². The highest BCUT2D eigenvalue weighted by atomic mass is 16.5. The maximum atomic E-state index is 12.4. The first-order valence-corrected chi connectivity index (χ1v) is 10.5. The number of rotatable bonds is 7. The third kappa shape index (κ3) is 5.26. The number of aliphatic carboxylic acids is 1. The summed E-state index contributed by atoms with van der Waals surface area (Å²) in [6.45, 7) is 0. The summed E-state index contributed by atoms with van der Waals surface area (Å²) >= 11 is 0. The zero-order valence-electron chi connectivity index (χ0n) is 17.1. The molecule has 0 amide bonds. The third-order valence-electron chi connectivity index (χ3n) is 6.32. The van der Waals surface area contributed by atoms with Gasteiger partial charge in [-0.25, -0.2) is 4.79 Å². The Morgan fingerprint density at radius 2 is 1.79 bits per heavy atom. The zero-order chi connectivity index (χ0) is 20.7. The Kier molecular flexibility index (Phi) is 7.08. The van der Waals surface area contributed by atoms with Crippen LogP contribution >= 0.6 is 0 Å². The van der Waals surface area contributed by atoms with Crippen molar-refractivity contribution in [1.82, 2.24) is 0 Å². The predicted molar refractivity (Wildman–Crippen MR) is 113 cm³/mol. The number of carbonyl (C=O) groups is 2. The van der Waals surface area contributed by atoms with Gasteiger partial charge in [-0.15, -0.1) is 0 Å². The van der Waals surface area contributed by atoms with E-state index in [0.717, 1.165) is 44.1 Å². The highest BCUT2D eigenvalue weighted by Crippen LogP contribution is 2.45. The molecule has 1 fully saturated rings. The fraction of sp³-hybridized carbons (Fsp3) is 0.440. The lowest BCUT2D eigenvalue weighted by Crippen LogP contribution is -2.32. The van der Waals surface area contributed by atoms with Crippen LogP contribution < -0.4 is 0 Å². The molecule has 2 aromatic carbocycles. The molecule has 0 radical (unpaired) electrons. The maximum absolute atomic E-state index is 12.4. The zero-order valence-corrected chi connectivity index (χ0v) is 17.1. The van der Waals surface area contributed by atoms with E-state index in [1.54, 1.807) is 12.1 Å². The Labute approximate surface area is 172 Å². The lowest BCUT2D eigenvalue weighted by molar-refractivity contribution is -0.150. The van der Waals surface area contributed by atoms with Crippen LogP contribution in [0.4, 0.5) is 0 Å². The summed E-state index contributed by atoms with van der Waals surface area (Å²) in [4.78, 5) is 24.1. The largest absolute Gasteiger partial charge is 0.481 e. The molecule has 4 nitrogen and oxygen atoms in total. The van der Waals surface area contributed by atoms with Gasteiger partial charge in [0.1, 0.15) is 0 Å². The molecular formula is C25H30O4. The summed E-state index contributed by atoms with van der Waals surface area (Å²) in [6.07, 6.45) is 6.88. The van der Waals surface area contributed by atoms with E-state index in [-0.39, 0.29) is 11.9 Å². The van der Waals surface area contributed by atoms with E-state index in [4.69, 9.17) is 4.74 Å². The van der Waals surface area contributed by atoms with Crippen LogP contribution in [0.5, 0.6) is 0 Å². The fourth-order valence-corrected chi connectivity index (χ4v) is 4.63. The van der Waals surface area contributed by atoms with E-state index in [2.05, 4.69) is 12.1 Å². The molecule has 0 aliphatic heterocycles. The molecule has 3 rings (SSSR count). The average Bonchev–Trinajstić information content (AvgIpc) is 2.98. The van der Waals surface area contributed by atoms with Gasteiger partial charge < -0.3 is 9.84 Å². The van der Waals surface area contributed by atoms with Crippen LogP contribution in [0.3, 0.4) is 0 Å². The van der Waals surface area contributed by atoms with Gasteiger partial charge >= 0.3 is 11.9 Å². The normalized spacial score (nSPS) is 21.9. The molecule has 0 bridgehead atoms. The van der Waals surface area contributed by atoms with Crippen molar-refractivity contribution in [2.75, 3.05) is 7.11 Å². The molecule has 1 aliphatic carbocycles. The van der Waals surface area contributed by atoms with Gasteiger partial charge in [-0.3, -0.25) is 4.79 Å². The van der Waals surface area contributed by atoms with Gasteiger partial charge in [-0.2, -0.15) is 0 Å². The molecule has 29 heavy (non-hydrogen) atoms. The molecule has 0 spiro atoms. The average molecular weight is 395 g/mol. The van der Waals surface area contributed by atoms with Crippen molar-refractivity contribution >= 4 is 11.9 Å². The smallest absolute Gasteiger partial charge is 0.337 e. The van der Waals surface area contributed by atoms with Crippen LogP contribution in [0.25, 0.3) is 0 Å². The Morgan fingerprint density at radius 1 is 1.07 bits per heavy atom. The molecular weight excluding hydrogens is 364 g/mol. The first-order valence-electron chi connectivity index (χ1n) is 10.5. The summed E-state index contributed by atoms with van der Waals surface area (Å²) in [6, 6.07) is 17.7. The second kappa shape index (κ2) is 9.73. The molecule has 154 valence electrons. The van der Waals surface area contributed by atoms with Gasteiger partial charge in [-0.05, 0) is 67.7 Å². The van der Waals surface area contributed by atoms with Gasteiger partial charge in [0.25, 0.3) is 0 Å². The molecule has 1 saturated carbocycles. The van der Waals surface area contributed by atoms with Crippen LogP contribution in [0.1, 0.15) is 72.3 Å². The van der Waals surface area contributed by atoms with Crippen molar-refractivity contribution < 1.29 is 19.4 Å². The lowest BCUT2D eigenvalue weighted by Gasteiger charge is -2.31. The van der Waals surface area contributed by atoms with Gasteiger partial charge in [0.2, 0.25) is 0 Å².